The lowest BCUT2D eigenvalue weighted by Gasteiger charge is -2.24. The number of rotatable bonds is 6. The van der Waals surface area contributed by atoms with E-state index in [9.17, 15) is 8.78 Å². The monoisotopic (exact) mass is 282 g/mol. The van der Waals surface area contributed by atoms with Crippen LogP contribution in [0.4, 0.5) is 8.78 Å². The Labute approximate surface area is 119 Å². The molecule has 1 aromatic carbocycles. The fourth-order valence-corrected chi connectivity index (χ4v) is 3.13. The molecule has 0 saturated heterocycles. The number of hydrogen-bond acceptors (Lipinski definition) is 2. The van der Waals surface area contributed by atoms with Crippen LogP contribution in [-0.4, -0.2) is 6.04 Å². The lowest BCUT2D eigenvalue weighted by Crippen LogP contribution is -2.37. The van der Waals surface area contributed by atoms with E-state index < -0.39 is 11.6 Å². The summed E-state index contributed by atoms with van der Waals surface area (Å²) in [5.74, 6) is 5.33. The summed E-state index contributed by atoms with van der Waals surface area (Å²) in [6.45, 7) is 0. The Hall–Kier alpha value is -1.00. The molecule has 1 fully saturated rings. The average Bonchev–Trinajstić information content (AvgIpc) is 2.47. The number of nitrogens with one attached hydrogen (secondary N) is 1. The van der Waals surface area contributed by atoms with Gasteiger partial charge in [0.15, 0.2) is 0 Å². The first-order valence-electron chi connectivity index (χ1n) is 7.59. The van der Waals surface area contributed by atoms with E-state index in [1.54, 1.807) is 0 Å². The lowest BCUT2D eigenvalue weighted by molar-refractivity contribution is 0.311. The summed E-state index contributed by atoms with van der Waals surface area (Å²) in [7, 11) is 0. The molecule has 1 aromatic rings. The summed E-state index contributed by atoms with van der Waals surface area (Å²) in [5.41, 5.74) is 2.85. The zero-order chi connectivity index (χ0) is 14.4. The predicted octanol–water partition coefficient (Wildman–Crippen LogP) is 3.70. The van der Waals surface area contributed by atoms with Crippen LogP contribution in [0.3, 0.4) is 0 Å². The van der Waals surface area contributed by atoms with Crippen LogP contribution >= 0.6 is 0 Å². The molecule has 20 heavy (non-hydrogen) atoms. The highest BCUT2D eigenvalue weighted by atomic mass is 19.1. The smallest absolute Gasteiger partial charge is 0.129 e. The number of hydrogen-bond donors (Lipinski definition) is 2. The van der Waals surface area contributed by atoms with Crippen molar-refractivity contribution in [2.45, 2.75) is 57.4 Å². The van der Waals surface area contributed by atoms with Crippen molar-refractivity contribution in [3.8, 4) is 0 Å². The highest BCUT2D eigenvalue weighted by Crippen LogP contribution is 2.28. The maximum absolute atomic E-state index is 13.6. The van der Waals surface area contributed by atoms with Gasteiger partial charge in [0.25, 0.3) is 0 Å². The molecule has 0 spiro atoms. The number of nitrogens with two attached hydrogens (primary N) is 1. The molecule has 2 rings (SSSR count). The summed E-state index contributed by atoms with van der Waals surface area (Å²) >= 11 is 0. The van der Waals surface area contributed by atoms with Crippen LogP contribution in [0.2, 0.25) is 0 Å². The summed E-state index contributed by atoms with van der Waals surface area (Å²) in [4.78, 5) is 0. The molecule has 0 bridgehead atoms. The van der Waals surface area contributed by atoms with Crippen molar-refractivity contribution < 1.29 is 8.78 Å². The van der Waals surface area contributed by atoms with Gasteiger partial charge >= 0.3 is 0 Å². The van der Waals surface area contributed by atoms with Crippen LogP contribution in [0.25, 0.3) is 0 Å². The molecule has 0 aliphatic heterocycles. The minimum Gasteiger partial charge on any atom is -0.271 e. The zero-order valence-electron chi connectivity index (χ0n) is 11.9. The third-order valence-corrected chi connectivity index (χ3v) is 4.40. The molecule has 0 aromatic heterocycles. The fraction of sp³-hybridized carbons (Fsp3) is 0.625. The van der Waals surface area contributed by atoms with Crippen molar-refractivity contribution in [2.75, 3.05) is 0 Å². The van der Waals surface area contributed by atoms with Gasteiger partial charge in [-0.15, -0.1) is 0 Å². The summed E-state index contributed by atoms with van der Waals surface area (Å²) in [6.07, 6.45) is 8.80. The Morgan fingerprint density at radius 2 is 1.80 bits per heavy atom. The highest BCUT2D eigenvalue weighted by molar-refractivity contribution is 5.20. The van der Waals surface area contributed by atoms with Gasteiger partial charge in [0.05, 0.1) is 0 Å². The average molecular weight is 282 g/mol. The summed E-state index contributed by atoms with van der Waals surface area (Å²) < 4.78 is 27.3. The maximum atomic E-state index is 13.6. The molecule has 1 saturated carbocycles. The van der Waals surface area contributed by atoms with Crippen LogP contribution in [0.1, 0.15) is 50.5 Å². The SMILES string of the molecule is NNC(CCC1CCCCC1)Cc1c(F)cccc1F. The first kappa shape index (κ1) is 15.4. The number of hydrazine groups is 1. The molecule has 1 aliphatic carbocycles. The second kappa shape index (κ2) is 7.70. The van der Waals surface area contributed by atoms with Crippen molar-refractivity contribution in [1.29, 1.82) is 0 Å². The van der Waals surface area contributed by atoms with E-state index in [0.29, 0.717) is 6.42 Å². The molecule has 4 heteroatoms. The topological polar surface area (TPSA) is 38.0 Å². The first-order valence-corrected chi connectivity index (χ1v) is 7.59. The van der Waals surface area contributed by atoms with Crippen molar-refractivity contribution in [1.82, 2.24) is 5.43 Å². The van der Waals surface area contributed by atoms with E-state index in [4.69, 9.17) is 5.84 Å². The normalized spacial score (nSPS) is 18.1. The maximum Gasteiger partial charge on any atom is 0.129 e. The molecule has 1 atom stereocenters. The van der Waals surface area contributed by atoms with Crippen molar-refractivity contribution >= 4 is 0 Å². The van der Waals surface area contributed by atoms with Crippen LogP contribution in [0.15, 0.2) is 18.2 Å². The van der Waals surface area contributed by atoms with E-state index in [1.807, 2.05) is 0 Å². The summed E-state index contributed by atoms with van der Waals surface area (Å²) in [6, 6.07) is 3.92. The second-order valence-electron chi connectivity index (χ2n) is 5.85. The molecule has 0 heterocycles. The van der Waals surface area contributed by atoms with Gasteiger partial charge in [-0.2, -0.15) is 0 Å². The Balaban J connectivity index is 1.88. The van der Waals surface area contributed by atoms with Gasteiger partial charge in [0.2, 0.25) is 0 Å². The van der Waals surface area contributed by atoms with Crippen molar-refractivity contribution in [3.63, 3.8) is 0 Å². The van der Waals surface area contributed by atoms with Gasteiger partial charge in [0, 0.05) is 11.6 Å². The van der Waals surface area contributed by atoms with Gasteiger partial charge < -0.3 is 0 Å². The van der Waals surface area contributed by atoms with Crippen LogP contribution in [0, 0.1) is 17.6 Å². The van der Waals surface area contributed by atoms with Gasteiger partial charge in [-0.1, -0.05) is 38.2 Å². The zero-order valence-corrected chi connectivity index (χ0v) is 11.9. The minimum absolute atomic E-state index is 0.0664. The van der Waals surface area contributed by atoms with Gasteiger partial charge in [-0.3, -0.25) is 11.3 Å². The van der Waals surface area contributed by atoms with Gasteiger partial charge in [0.1, 0.15) is 11.6 Å². The first-order chi connectivity index (χ1) is 9.70. The van der Waals surface area contributed by atoms with E-state index in [0.717, 1.165) is 18.8 Å². The lowest BCUT2D eigenvalue weighted by atomic mass is 9.84. The molecule has 3 N–H and O–H groups in total. The third-order valence-electron chi connectivity index (χ3n) is 4.40. The van der Waals surface area contributed by atoms with E-state index >= 15 is 0 Å². The molecular formula is C16H24F2N2. The molecule has 2 nitrogen and oxygen atoms in total. The van der Waals surface area contributed by atoms with E-state index in [2.05, 4.69) is 5.43 Å². The molecule has 0 amide bonds. The number of benzene rings is 1. The van der Waals surface area contributed by atoms with E-state index in [1.165, 1.54) is 50.3 Å². The van der Waals surface area contributed by atoms with Crippen molar-refractivity contribution in [2.24, 2.45) is 11.8 Å². The predicted molar refractivity (Wildman–Crippen MR) is 77.0 cm³/mol. The third kappa shape index (κ3) is 4.25. The summed E-state index contributed by atoms with van der Waals surface area (Å²) in [5, 5.41) is 0. The van der Waals surface area contributed by atoms with Gasteiger partial charge in [-0.05, 0) is 37.3 Å². The Morgan fingerprint density at radius 1 is 1.15 bits per heavy atom. The Kier molecular flexibility index (Phi) is 5.92. The molecule has 1 unspecified atom stereocenters. The van der Waals surface area contributed by atoms with Gasteiger partial charge in [-0.25, -0.2) is 8.78 Å². The molecule has 1 aliphatic rings. The second-order valence-corrected chi connectivity index (χ2v) is 5.85. The minimum atomic E-state index is -0.483. The van der Waals surface area contributed by atoms with Crippen molar-refractivity contribution in [3.05, 3.63) is 35.4 Å². The quantitative estimate of drug-likeness (QED) is 0.617. The van der Waals surface area contributed by atoms with Crippen LogP contribution in [-0.2, 0) is 6.42 Å². The van der Waals surface area contributed by atoms with Crippen LogP contribution < -0.4 is 11.3 Å². The van der Waals surface area contributed by atoms with Crippen LogP contribution in [0.5, 0.6) is 0 Å². The number of halogens is 2. The fourth-order valence-electron chi connectivity index (χ4n) is 3.13. The molecular weight excluding hydrogens is 258 g/mol. The molecule has 0 radical (unpaired) electrons. The standard InChI is InChI=1S/C16H24F2N2/c17-15-7-4-8-16(18)14(15)11-13(20-19)10-9-12-5-2-1-3-6-12/h4,7-8,12-13,20H,1-3,5-6,9-11,19H2. The molecule has 112 valence electrons. The Bertz CT molecular complexity index is 397. The Morgan fingerprint density at radius 3 is 2.40 bits per heavy atom. The van der Waals surface area contributed by atoms with E-state index in [-0.39, 0.29) is 11.6 Å². The largest absolute Gasteiger partial charge is 0.271 e. The highest BCUT2D eigenvalue weighted by Gasteiger charge is 2.18.